The zero-order valence-corrected chi connectivity index (χ0v) is 14.1. The number of carbonyl (C=O) groups is 1. The first kappa shape index (κ1) is 16.7. The Labute approximate surface area is 144 Å². The van der Waals surface area contributed by atoms with E-state index in [1.807, 2.05) is 0 Å². The smallest absolute Gasteiger partial charge is 0.255 e. The molecule has 0 unspecified atom stereocenters. The van der Waals surface area contributed by atoms with Crippen LogP contribution in [0.15, 0.2) is 65.5 Å². The zero-order valence-electron chi connectivity index (χ0n) is 13.3. The first-order chi connectivity index (χ1) is 11.9. The zero-order chi connectivity index (χ0) is 17.9. The lowest BCUT2D eigenvalue weighted by Gasteiger charge is -2.08. The maximum Gasteiger partial charge on any atom is 0.255 e. The molecule has 7 nitrogen and oxygen atoms in total. The van der Waals surface area contributed by atoms with E-state index in [4.69, 9.17) is 4.42 Å². The van der Waals surface area contributed by atoms with Crippen LogP contribution in [0.5, 0.6) is 0 Å². The van der Waals surface area contributed by atoms with Crippen LogP contribution < -0.4 is 10.0 Å². The third-order valence-electron chi connectivity index (χ3n) is 3.31. The fourth-order valence-electron chi connectivity index (χ4n) is 2.18. The first-order valence-corrected chi connectivity index (χ1v) is 9.18. The minimum Gasteiger partial charge on any atom is -0.444 e. The minimum atomic E-state index is -3.33. The Balaban J connectivity index is 1.67. The summed E-state index contributed by atoms with van der Waals surface area (Å²) in [5, 5.41) is 2.75. The molecule has 1 aromatic heterocycles. The van der Waals surface area contributed by atoms with E-state index >= 15 is 0 Å². The SMILES string of the molecule is CS(=O)(=O)Nc1ccc(NC(=O)c2ccc(-c3cnco3)cc2)cc1. The summed E-state index contributed by atoms with van der Waals surface area (Å²) in [4.78, 5) is 16.1. The standard InChI is InChI=1S/C17H15N3O4S/c1-25(22,23)20-15-8-6-14(7-9-15)19-17(21)13-4-2-12(3-5-13)16-10-18-11-24-16/h2-11,20H,1H3,(H,19,21). The normalized spacial score (nSPS) is 11.1. The molecule has 8 heteroatoms. The molecule has 3 rings (SSSR count). The quantitative estimate of drug-likeness (QED) is 0.731. The van der Waals surface area contributed by atoms with Crippen LogP contribution in [0.2, 0.25) is 0 Å². The van der Waals surface area contributed by atoms with Crippen LogP contribution >= 0.6 is 0 Å². The van der Waals surface area contributed by atoms with Gasteiger partial charge in [-0.3, -0.25) is 9.52 Å². The van der Waals surface area contributed by atoms with Gasteiger partial charge in [0.1, 0.15) is 0 Å². The molecule has 0 fully saturated rings. The Morgan fingerprint density at radius 1 is 1.00 bits per heavy atom. The van der Waals surface area contributed by atoms with Crippen molar-refractivity contribution >= 4 is 27.3 Å². The van der Waals surface area contributed by atoms with Gasteiger partial charge < -0.3 is 9.73 Å². The molecule has 0 aliphatic carbocycles. The summed E-state index contributed by atoms with van der Waals surface area (Å²) in [6.07, 6.45) is 4.02. The summed E-state index contributed by atoms with van der Waals surface area (Å²) in [6.45, 7) is 0. The van der Waals surface area contributed by atoms with E-state index in [2.05, 4.69) is 15.0 Å². The van der Waals surface area contributed by atoms with Gasteiger partial charge in [-0.2, -0.15) is 0 Å². The lowest BCUT2D eigenvalue weighted by molar-refractivity contribution is 0.102. The number of hydrogen-bond donors (Lipinski definition) is 2. The van der Waals surface area contributed by atoms with E-state index in [1.165, 1.54) is 6.39 Å². The van der Waals surface area contributed by atoms with Gasteiger partial charge in [0, 0.05) is 22.5 Å². The highest BCUT2D eigenvalue weighted by atomic mass is 32.2. The summed E-state index contributed by atoms with van der Waals surface area (Å²) in [7, 11) is -3.33. The van der Waals surface area contributed by atoms with E-state index in [0.29, 0.717) is 22.7 Å². The number of hydrogen-bond acceptors (Lipinski definition) is 5. The Bertz CT molecular complexity index is 964. The second kappa shape index (κ2) is 6.78. The highest BCUT2D eigenvalue weighted by Gasteiger charge is 2.08. The van der Waals surface area contributed by atoms with Crippen molar-refractivity contribution in [2.24, 2.45) is 0 Å². The molecule has 2 N–H and O–H groups in total. The fraction of sp³-hybridized carbons (Fsp3) is 0.0588. The monoisotopic (exact) mass is 357 g/mol. The van der Waals surface area contributed by atoms with E-state index in [0.717, 1.165) is 11.8 Å². The molecular formula is C17H15N3O4S. The number of nitrogens with one attached hydrogen (secondary N) is 2. The van der Waals surface area contributed by atoms with Crippen LogP contribution in [0.1, 0.15) is 10.4 Å². The number of nitrogens with zero attached hydrogens (tertiary/aromatic N) is 1. The van der Waals surface area contributed by atoms with Crippen molar-refractivity contribution < 1.29 is 17.6 Å². The van der Waals surface area contributed by atoms with Crippen LogP contribution in [-0.2, 0) is 10.0 Å². The van der Waals surface area contributed by atoms with Gasteiger partial charge in [-0.1, -0.05) is 12.1 Å². The third-order valence-corrected chi connectivity index (χ3v) is 3.92. The van der Waals surface area contributed by atoms with Crippen LogP contribution in [0.3, 0.4) is 0 Å². The molecule has 0 aliphatic rings. The molecule has 0 atom stereocenters. The summed E-state index contributed by atoms with van der Waals surface area (Å²) in [6, 6.07) is 13.3. The van der Waals surface area contributed by atoms with Crippen molar-refractivity contribution in [1.82, 2.24) is 4.98 Å². The summed E-state index contributed by atoms with van der Waals surface area (Å²) in [5.41, 5.74) is 2.30. The van der Waals surface area contributed by atoms with E-state index < -0.39 is 10.0 Å². The summed E-state index contributed by atoms with van der Waals surface area (Å²) < 4.78 is 29.9. The molecule has 0 spiro atoms. The van der Waals surface area contributed by atoms with Crippen molar-refractivity contribution in [1.29, 1.82) is 0 Å². The van der Waals surface area contributed by atoms with Gasteiger partial charge in [0.05, 0.1) is 12.5 Å². The van der Waals surface area contributed by atoms with E-state index in [9.17, 15) is 13.2 Å². The number of oxazole rings is 1. The molecule has 0 saturated heterocycles. The molecule has 0 aliphatic heterocycles. The first-order valence-electron chi connectivity index (χ1n) is 7.29. The molecule has 3 aromatic rings. The van der Waals surface area contributed by atoms with Crippen molar-refractivity contribution in [2.45, 2.75) is 0 Å². The number of sulfonamides is 1. The Kier molecular flexibility index (Phi) is 4.53. The van der Waals surface area contributed by atoms with Gasteiger partial charge >= 0.3 is 0 Å². The Hall–Kier alpha value is -3.13. The van der Waals surface area contributed by atoms with Crippen molar-refractivity contribution in [2.75, 3.05) is 16.3 Å². The lowest BCUT2D eigenvalue weighted by atomic mass is 10.1. The molecule has 0 radical (unpaired) electrons. The van der Waals surface area contributed by atoms with Crippen LogP contribution in [0, 0.1) is 0 Å². The highest BCUT2D eigenvalue weighted by Crippen LogP contribution is 2.20. The molecular weight excluding hydrogens is 342 g/mol. The van der Waals surface area contributed by atoms with Crippen LogP contribution in [-0.4, -0.2) is 25.6 Å². The van der Waals surface area contributed by atoms with Crippen LogP contribution in [0.4, 0.5) is 11.4 Å². The molecule has 1 amide bonds. The van der Waals surface area contributed by atoms with Crippen molar-refractivity contribution in [3.63, 3.8) is 0 Å². The van der Waals surface area contributed by atoms with Gasteiger partial charge in [-0.15, -0.1) is 0 Å². The molecule has 1 heterocycles. The van der Waals surface area contributed by atoms with Gasteiger partial charge in [0.2, 0.25) is 10.0 Å². The molecule has 25 heavy (non-hydrogen) atoms. The largest absolute Gasteiger partial charge is 0.444 e. The molecule has 128 valence electrons. The predicted molar refractivity (Wildman–Crippen MR) is 94.8 cm³/mol. The summed E-state index contributed by atoms with van der Waals surface area (Å²) >= 11 is 0. The van der Waals surface area contributed by atoms with Gasteiger partial charge in [0.15, 0.2) is 12.2 Å². The number of carbonyl (C=O) groups excluding carboxylic acids is 1. The Morgan fingerprint density at radius 3 is 2.20 bits per heavy atom. The number of benzene rings is 2. The molecule has 2 aromatic carbocycles. The van der Waals surface area contributed by atoms with Crippen molar-refractivity contribution in [3.8, 4) is 11.3 Å². The highest BCUT2D eigenvalue weighted by molar-refractivity contribution is 7.92. The number of amides is 1. The number of rotatable bonds is 5. The third kappa shape index (κ3) is 4.45. The van der Waals surface area contributed by atoms with E-state index in [1.54, 1.807) is 54.7 Å². The molecule has 0 saturated carbocycles. The lowest BCUT2D eigenvalue weighted by Crippen LogP contribution is -2.12. The van der Waals surface area contributed by atoms with Gasteiger partial charge in [0.25, 0.3) is 5.91 Å². The van der Waals surface area contributed by atoms with Crippen LogP contribution in [0.25, 0.3) is 11.3 Å². The second-order valence-corrected chi connectivity index (χ2v) is 7.10. The van der Waals surface area contributed by atoms with Gasteiger partial charge in [-0.05, 0) is 36.4 Å². The maximum atomic E-state index is 12.3. The Morgan fingerprint density at radius 2 is 1.64 bits per heavy atom. The topological polar surface area (TPSA) is 101 Å². The number of aromatic nitrogens is 1. The average Bonchev–Trinajstić information content (AvgIpc) is 3.10. The molecule has 0 bridgehead atoms. The minimum absolute atomic E-state index is 0.270. The fourth-order valence-corrected chi connectivity index (χ4v) is 2.75. The summed E-state index contributed by atoms with van der Waals surface area (Å²) in [5.74, 6) is 0.355. The number of anilines is 2. The van der Waals surface area contributed by atoms with Gasteiger partial charge in [-0.25, -0.2) is 13.4 Å². The average molecular weight is 357 g/mol. The van der Waals surface area contributed by atoms with E-state index in [-0.39, 0.29) is 5.91 Å². The predicted octanol–water partition coefficient (Wildman–Crippen LogP) is 2.97. The van der Waals surface area contributed by atoms with Crippen molar-refractivity contribution in [3.05, 3.63) is 66.7 Å². The maximum absolute atomic E-state index is 12.3. The second-order valence-electron chi connectivity index (χ2n) is 5.35.